The van der Waals surface area contributed by atoms with E-state index in [-0.39, 0.29) is 0 Å². The normalized spacial score (nSPS) is 20.6. The average molecular weight is 293 g/mol. The van der Waals surface area contributed by atoms with Gasteiger partial charge in [-0.3, -0.25) is 4.90 Å². The molecule has 2 heterocycles. The van der Waals surface area contributed by atoms with Crippen LogP contribution in [0.2, 0.25) is 4.34 Å². The van der Waals surface area contributed by atoms with Gasteiger partial charge in [0.05, 0.1) is 4.34 Å². The summed E-state index contributed by atoms with van der Waals surface area (Å²) in [6.45, 7) is 4.14. The van der Waals surface area contributed by atoms with Gasteiger partial charge in [-0.2, -0.15) is 0 Å². The van der Waals surface area contributed by atoms with Gasteiger partial charge < -0.3 is 5.32 Å². The Morgan fingerprint density at radius 1 is 1.21 bits per heavy atom. The molecule has 0 saturated carbocycles. The Hall–Kier alpha value is -0.870. The zero-order chi connectivity index (χ0) is 13.1. The van der Waals surface area contributed by atoms with Gasteiger partial charge >= 0.3 is 0 Å². The third kappa shape index (κ3) is 3.18. The van der Waals surface area contributed by atoms with Crippen molar-refractivity contribution in [1.82, 2.24) is 10.2 Å². The maximum atomic E-state index is 6.02. The maximum Gasteiger partial charge on any atom is 0.0931 e. The summed E-state index contributed by atoms with van der Waals surface area (Å²) >= 11 is 7.70. The standard InChI is InChI=1S/C15H17ClN2S/c16-15-7-6-13(19-15)11-18-9-8-17-10-14(18)12-4-2-1-3-5-12/h1-7,14,17H,8-11H2. The number of thiophene rings is 1. The van der Waals surface area contributed by atoms with E-state index in [0.717, 1.165) is 30.5 Å². The third-order valence-corrected chi connectivity index (χ3v) is 4.74. The Kier molecular flexibility index (Phi) is 4.18. The molecule has 2 nitrogen and oxygen atoms in total. The lowest BCUT2D eigenvalue weighted by molar-refractivity contribution is 0.155. The highest BCUT2D eigenvalue weighted by atomic mass is 35.5. The van der Waals surface area contributed by atoms with E-state index in [1.807, 2.05) is 6.07 Å². The number of hydrogen-bond acceptors (Lipinski definition) is 3. The number of benzene rings is 1. The van der Waals surface area contributed by atoms with Crippen LogP contribution in [0.5, 0.6) is 0 Å². The quantitative estimate of drug-likeness (QED) is 0.931. The number of halogens is 1. The van der Waals surface area contributed by atoms with Crippen molar-refractivity contribution in [3.05, 3.63) is 57.2 Å². The fourth-order valence-electron chi connectivity index (χ4n) is 2.58. The molecule has 1 N–H and O–H groups in total. The maximum absolute atomic E-state index is 6.02. The fourth-order valence-corrected chi connectivity index (χ4v) is 3.69. The molecule has 1 aromatic carbocycles. The summed E-state index contributed by atoms with van der Waals surface area (Å²) in [5, 5.41) is 3.49. The molecule has 1 aliphatic heterocycles. The zero-order valence-corrected chi connectivity index (χ0v) is 12.3. The zero-order valence-electron chi connectivity index (χ0n) is 10.7. The molecule has 0 radical (unpaired) electrons. The fraction of sp³-hybridized carbons (Fsp3) is 0.333. The van der Waals surface area contributed by atoms with Gasteiger partial charge in [-0.1, -0.05) is 41.9 Å². The summed E-state index contributed by atoms with van der Waals surface area (Å²) < 4.78 is 0.876. The molecular formula is C15H17ClN2S. The second kappa shape index (κ2) is 6.06. The summed E-state index contributed by atoms with van der Waals surface area (Å²) in [5.41, 5.74) is 1.39. The molecule has 100 valence electrons. The lowest BCUT2D eigenvalue weighted by Crippen LogP contribution is -2.45. The Bertz CT molecular complexity index is 526. The SMILES string of the molecule is Clc1ccc(CN2CCNCC2c2ccccc2)s1. The van der Waals surface area contributed by atoms with E-state index in [1.165, 1.54) is 10.4 Å². The third-order valence-electron chi connectivity index (χ3n) is 3.53. The van der Waals surface area contributed by atoms with E-state index < -0.39 is 0 Å². The van der Waals surface area contributed by atoms with Crippen molar-refractivity contribution in [3.8, 4) is 0 Å². The minimum Gasteiger partial charge on any atom is -0.314 e. The smallest absolute Gasteiger partial charge is 0.0931 e. The molecule has 0 amide bonds. The molecule has 1 fully saturated rings. The van der Waals surface area contributed by atoms with Crippen molar-refractivity contribution in [2.24, 2.45) is 0 Å². The van der Waals surface area contributed by atoms with Crippen LogP contribution in [0.4, 0.5) is 0 Å². The predicted octanol–water partition coefficient (Wildman–Crippen LogP) is 3.55. The number of rotatable bonds is 3. The van der Waals surface area contributed by atoms with Crippen LogP contribution in [-0.2, 0) is 6.54 Å². The van der Waals surface area contributed by atoms with Gasteiger partial charge in [0.2, 0.25) is 0 Å². The van der Waals surface area contributed by atoms with Crippen LogP contribution in [0, 0.1) is 0 Å². The summed E-state index contributed by atoms with van der Waals surface area (Å²) in [4.78, 5) is 3.88. The Morgan fingerprint density at radius 3 is 2.79 bits per heavy atom. The second-order valence-corrected chi connectivity index (χ2v) is 6.61. The van der Waals surface area contributed by atoms with Gasteiger partial charge in [0.1, 0.15) is 0 Å². The molecule has 19 heavy (non-hydrogen) atoms. The molecule has 1 aliphatic rings. The largest absolute Gasteiger partial charge is 0.314 e. The molecule has 4 heteroatoms. The van der Waals surface area contributed by atoms with Crippen molar-refractivity contribution in [1.29, 1.82) is 0 Å². The summed E-state index contributed by atoms with van der Waals surface area (Å²) in [6, 6.07) is 15.3. The van der Waals surface area contributed by atoms with Crippen molar-refractivity contribution in [3.63, 3.8) is 0 Å². The van der Waals surface area contributed by atoms with Crippen LogP contribution in [0.15, 0.2) is 42.5 Å². The van der Waals surface area contributed by atoms with E-state index in [0.29, 0.717) is 6.04 Å². The Morgan fingerprint density at radius 2 is 2.05 bits per heavy atom. The van der Waals surface area contributed by atoms with Crippen LogP contribution < -0.4 is 5.32 Å². The minimum atomic E-state index is 0.454. The van der Waals surface area contributed by atoms with E-state index in [2.05, 4.69) is 46.6 Å². The lowest BCUT2D eigenvalue weighted by Gasteiger charge is -2.36. The average Bonchev–Trinajstić information content (AvgIpc) is 2.86. The van der Waals surface area contributed by atoms with Gasteiger partial charge in [0, 0.05) is 37.1 Å². The van der Waals surface area contributed by atoms with E-state index in [4.69, 9.17) is 11.6 Å². The van der Waals surface area contributed by atoms with Crippen LogP contribution >= 0.6 is 22.9 Å². The number of hydrogen-bond donors (Lipinski definition) is 1. The summed E-state index contributed by atoms with van der Waals surface area (Å²) in [6.07, 6.45) is 0. The van der Waals surface area contributed by atoms with Crippen LogP contribution in [0.25, 0.3) is 0 Å². The van der Waals surface area contributed by atoms with Gasteiger partial charge in [-0.25, -0.2) is 0 Å². The Balaban J connectivity index is 1.77. The number of nitrogens with zero attached hydrogens (tertiary/aromatic N) is 1. The summed E-state index contributed by atoms with van der Waals surface area (Å²) in [7, 11) is 0. The van der Waals surface area contributed by atoms with Gasteiger partial charge in [-0.15, -0.1) is 11.3 Å². The topological polar surface area (TPSA) is 15.3 Å². The van der Waals surface area contributed by atoms with Crippen molar-refractivity contribution in [2.75, 3.05) is 19.6 Å². The molecule has 0 spiro atoms. The van der Waals surface area contributed by atoms with E-state index in [9.17, 15) is 0 Å². The predicted molar refractivity (Wildman–Crippen MR) is 81.8 cm³/mol. The monoisotopic (exact) mass is 292 g/mol. The molecule has 1 saturated heterocycles. The van der Waals surface area contributed by atoms with Crippen LogP contribution in [0.3, 0.4) is 0 Å². The van der Waals surface area contributed by atoms with Gasteiger partial charge in [0.25, 0.3) is 0 Å². The lowest BCUT2D eigenvalue weighted by atomic mass is 10.0. The Labute approximate surface area is 123 Å². The van der Waals surface area contributed by atoms with Crippen LogP contribution in [-0.4, -0.2) is 24.5 Å². The molecule has 1 aromatic heterocycles. The van der Waals surface area contributed by atoms with Crippen molar-refractivity contribution in [2.45, 2.75) is 12.6 Å². The molecule has 2 aromatic rings. The molecule has 1 atom stereocenters. The van der Waals surface area contributed by atoms with Crippen molar-refractivity contribution >= 4 is 22.9 Å². The van der Waals surface area contributed by atoms with E-state index >= 15 is 0 Å². The first-order valence-electron chi connectivity index (χ1n) is 6.57. The first-order valence-corrected chi connectivity index (χ1v) is 7.76. The molecular weight excluding hydrogens is 276 g/mol. The van der Waals surface area contributed by atoms with E-state index in [1.54, 1.807) is 11.3 Å². The molecule has 0 bridgehead atoms. The highest BCUT2D eigenvalue weighted by molar-refractivity contribution is 7.16. The first-order chi connectivity index (χ1) is 9.33. The number of piperazine rings is 1. The van der Waals surface area contributed by atoms with Crippen molar-refractivity contribution < 1.29 is 0 Å². The molecule has 1 unspecified atom stereocenters. The molecule has 3 rings (SSSR count). The van der Waals surface area contributed by atoms with Gasteiger partial charge in [0.15, 0.2) is 0 Å². The number of nitrogens with one attached hydrogen (secondary N) is 1. The minimum absolute atomic E-state index is 0.454. The first kappa shape index (κ1) is 13.1. The molecule has 0 aliphatic carbocycles. The van der Waals surface area contributed by atoms with Gasteiger partial charge in [-0.05, 0) is 17.7 Å². The highest BCUT2D eigenvalue weighted by Crippen LogP contribution is 2.28. The summed E-state index contributed by atoms with van der Waals surface area (Å²) in [5.74, 6) is 0. The van der Waals surface area contributed by atoms with Crippen LogP contribution in [0.1, 0.15) is 16.5 Å². The second-order valence-electron chi connectivity index (χ2n) is 4.81. The highest BCUT2D eigenvalue weighted by Gasteiger charge is 2.23.